The Morgan fingerprint density at radius 3 is 2.31 bits per heavy atom. The van der Waals surface area contributed by atoms with Crippen molar-refractivity contribution >= 4 is 33.5 Å². The fraction of sp³-hybridized carbons (Fsp3) is 0.429. The van der Waals surface area contributed by atoms with E-state index in [9.17, 15) is 18.0 Å². The number of amides is 2. The van der Waals surface area contributed by atoms with Crippen molar-refractivity contribution in [1.29, 1.82) is 0 Å². The summed E-state index contributed by atoms with van der Waals surface area (Å²) in [6, 6.07) is 7.30. The fourth-order valence-electron chi connectivity index (χ4n) is 4.65. The lowest BCUT2D eigenvalue weighted by atomic mass is 10.1. The minimum Gasteiger partial charge on any atom is -0.366 e. The predicted molar refractivity (Wildman–Crippen MR) is 118 cm³/mol. The zero-order valence-corrected chi connectivity index (χ0v) is 18.2. The highest BCUT2D eigenvalue weighted by atomic mass is 32.2. The number of nitrogens with two attached hydrogens (primary N) is 1. The van der Waals surface area contributed by atoms with E-state index in [0.29, 0.717) is 36.4 Å². The van der Waals surface area contributed by atoms with Gasteiger partial charge in [0.25, 0.3) is 5.91 Å². The fourth-order valence-corrected chi connectivity index (χ4v) is 6.21. The number of hydrogen-bond donors (Lipinski definition) is 2. The summed E-state index contributed by atoms with van der Waals surface area (Å²) < 4.78 is 25.5. The summed E-state index contributed by atoms with van der Waals surface area (Å²) in [4.78, 5) is 34.1. The number of primary amides is 1. The number of piperidine rings is 1. The molecule has 1 aliphatic carbocycles. The Bertz CT molecular complexity index is 1140. The van der Waals surface area contributed by atoms with Gasteiger partial charge in [-0.15, -0.1) is 0 Å². The Morgan fingerprint density at radius 2 is 1.75 bits per heavy atom. The molecule has 2 amide bonds. The molecule has 0 spiro atoms. The third-order valence-corrected chi connectivity index (χ3v) is 8.29. The SMILES string of the molecule is NC(=O)c1cnc(N2CC3C(C2)C3NC(=O)Cc2ccc(N3CCCS3(=O)=O)cc2)nc1. The molecule has 2 aromatic rings. The van der Waals surface area contributed by atoms with Crippen molar-refractivity contribution < 1.29 is 18.0 Å². The molecule has 32 heavy (non-hydrogen) atoms. The molecule has 1 saturated carbocycles. The predicted octanol–water partition coefficient (Wildman–Crippen LogP) is -0.0911. The first-order valence-corrected chi connectivity index (χ1v) is 12.2. The van der Waals surface area contributed by atoms with Crippen LogP contribution in [-0.2, 0) is 21.2 Å². The van der Waals surface area contributed by atoms with E-state index in [0.717, 1.165) is 18.7 Å². The van der Waals surface area contributed by atoms with Gasteiger partial charge in [-0.1, -0.05) is 12.1 Å². The Kier molecular flexibility index (Phi) is 5.00. The van der Waals surface area contributed by atoms with Gasteiger partial charge in [0, 0.05) is 49.9 Å². The number of nitrogens with zero attached hydrogens (tertiary/aromatic N) is 4. The standard InChI is InChI=1S/C21H24N6O4S/c22-20(29)14-9-23-21(24-10-14)26-11-16-17(12-26)19(16)25-18(28)8-13-2-4-15(5-3-13)27-6-1-7-32(27,30)31/h2-5,9-10,16-17,19H,1,6-8,11-12H2,(H2,22,29)(H,25,28). The van der Waals surface area contributed by atoms with Crippen molar-refractivity contribution in [1.82, 2.24) is 15.3 Å². The lowest BCUT2D eigenvalue weighted by Gasteiger charge is -2.20. The molecular formula is C21H24N6O4S. The van der Waals surface area contributed by atoms with Crippen molar-refractivity contribution in [3.63, 3.8) is 0 Å². The number of hydrogen-bond acceptors (Lipinski definition) is 7. The molecular weight excluding hydrogens is 432 g/mol. The summed E-state index contributed by atoms with van der Waals surface area (Å²) in [5, 5.41) is 3.11. The second-order valence-electron chi connectivity index (χ2n) is 8.55. The van der Waals surface area contributed by atoms with Crippen LogP contribution in [0, 0.1) is 11.8 Å². The van der Waals surface area contributed by atoms with Crippen LogP contribution in [-0.4, -0.2) is 61.6 Å². The maximum atomic E-state index is 12.5. The third-order valence-electron chi connectivity index (χ3n) is 6.42. The van der Waals surface area contributed by atoms with Crippen LogP contribution in [0.4, 0.5) is 11.6 Å². The molecule has 1 aromatic heterocycles. The van der Waals surface area contributed by atoms with Gasteiger partial charge in [0.15, 0.2) is 0 Å². The zero-order chi connectivity index (χ0) is 22.5. The topological polar surface area (TPSA) is 139 Å². The van der Waals surface area contributed by atoms with Crippen molar-refractivity contribution in [3.8, 4) is 0 Å². The average Bonchev–Trinajstić information content (AvgIpc) is 3.08. The van der Waals surface area contributed by atoms with Crippen molar-refractivity contribution in [3.05, 3.63) is 47.8 Å². The molecule has 2 saturated heterocycles. The van der Waals surface area contributed by atoms with Crippen molar-refractivity contribution in [2.24, 2.45) is 17.6 Å². The summed E-state index contributed by atoms with van der Waals surface area (Å²) in [5.74, 6) is 0.872. The van der Waals surface area contributed by atoms with Gasteiger partial charge in [0.05, 0.1) is 23.4 Å². The Balaban J connectivity index is 1.11. The molecule has 0 radical (unpaired) electrons. The quantitative estimate of drug-likeness (QED) is 0.619. The highest BCUT2D eigenvalue weighted by Crippen LogP contribution is 2.46. The van der Waals surface area contributed by atoms with Crippen molar-refractivity contribution in [2.45, 2.75) is 18.9 Å². The molecule has 2 atom stereocenters. The van der Waals surface area contributed by atoms with Gasteiger partial charge >= 0.3 is 0 Å². The van der Waals surface area contributed by atoms with Crippen LogP contribution in [0.15, 0.2) is 36.7 Å². The summed E-state index contributed by atoms with van der Waals surface area (Å²) in [6.45, 7) is 2.01. The number of aromatic nitrogens is 2. The number of rotatable bonds is 6. The Hall–Kier alpha value is -3.21. The van der Waals surface area contributed by atoms with E-state index in [1.165, 1.54) is 16.7 Å². The van der Waals surface area contributed by atoms with Gasteiger partial charge in [0.1, 0.15) is 0 Å². The van der Waals surface area contributed by atoms with E-state index in [1.54, 1.807) is 12.1 Å². The molecule has 5 rings (SSSR count). The Morgan fingerprint density at radius 1 is 1.09 bits per heavy atom. The van der Waals surface area contributed by atoms with E-state index in [4.69, 9.17) is 5.73 Å². The molecule has 1 aromatic carbocycles. The smallest absolute Gasteiger partial charge is 0.251 e. The number of anilines is 2. The molecule has 2 aliphatic heterocycles. The molecule has 3 heterocycles. The van der Waals surface area contributed by atoms with Crippen LogP contribution < -0.4 is 20.3 Å². The molecule has 3 N–H and O–H groups in total. The number of nitrogens with one attached hydrogen (secondary N) is 1. The maximum absolute atomic E-state index is 12.5. The largest absolute Gasteiger partial charge is 0.366 e. The number of fused-ring (bicyclic) bond motifs is 1. The molecule has 3 aliphatic rings. The summed E-state index contributed by atoms with van der Waals surface area (Å²) in [6.07, 6.45) is 3.75. The van der Waals surface area contributed by atoms with Crippen LogP contribution in [0.25, 0.3) is 0 Å². The number of carbonyl (C=O) groups is 2. The molecule has 2 unspecified atom stereocenters. The first-order chi connectivity index (χ1) is 15.3. The molecule has 10 nitrogen and oxygen atoms in total. The van der Waals surface area contributed by atoms with Gasteiger partial charge in [-0.25, -0.2) is 18.4 Å². The van der Waals surface area contributed by atoms with Crippen LogP contribution in [0.5, 0.6) is 0 Å². The lowest BCUT2D eigenvalue weighted by Crippen LogP contribution is -2.36. The van der Waals surface area contributed by atoms with Gasteiger partial charge in [-0.3, -0.25) is 13.9 Å². The molecule has 11 heteroatoms. The van der Waals surface area contributed by atoms with E-state index in [2.05, 4.69) is 15.3 Å². The highest BCUT2D eigenvalue weighted by molar-refractivity contribution is 7.93. The van der Waals surface area contributed by atoms with Gasteiger partial charge in [-0.2, -0.15) is 0 Å². The van der Waals surface area contributed by atoms with Crippen LogP contribution >= 0.6 is 0 Å². The highest BCUT2D eigenvalue weighted by Gasteiger charge is 2.56. The summed E-state index contributed by atoms with van der Waals surface area (Å²) >= 11 is 0. The minimum absolute atomic E-state index is 0.0421. The first-order valence-electron chi connectivity index (χ1n) is 10.6. The average molecular weight is 457 g/mol. The van der Waals surface area contributed by atoms with E-state index in [-0.39, 0.29) is 29.7 Å². The summed E-state index contributed by atoms with van der Waals surface area (Å²) in [7, 11) is -3.20. The number of sulfonamides is 1. The van der Waals surface area contributed by atoms with Crippen LogP contribution in [0.1, 0.15) is 22.3 Å². The van der Waals surface area contributed by atoms with Crippen LogP contribution in [0.3, 0.4) is 0 Å². The van der Waals surface area contributed by atoms with Gasteiger partial charge in [0.2, 0.25) is 21.9 Å². The molecule has 0 bridgehead atoms. The first kappa shape index (κ1) is 20.7. The molecule has 3 fully saturated rings. The third kappa shape index (κ3) is 3.88. The van der Waals surface area contributed by atoms with Gasteiger partial charge in [-0.05, 0) is 24.1 Å². The second-order valence-corrected chi connectivity index (χ2v) is 10.6. The number of carbonyl (C=O) groups excluding carboxylic acids is 2. The van der Waals surface area contributed by atoms with Gasteiger partial charge < -0.3 is 16.0 Å². The maximum Gasteiger partial charge on any atom is 0.251 e. The number of benzene rings is 1. The van der Waals surface area contributed by atoms with Crippen molar-refractivity contribution in [2.75, 3.05) is 34.6 Å². The summed E-state index contributed by atoms with van der Waals surface area (Å²) in [5.41, 5.74) is 6.98. The second kappa shape index (κ2) is 7.73. The Labute approximate surface area is 185 Å². The lowest BCUT2D eigenvalue weighted by molar-refractivity contribution is -0.120. The molecule has 168 valence electrons. The monoisotopic (exact) mass is 456 g/mol. The van der Waals surface area contributed by atoms with Crippen LogP contribution in [0.2, 0.25) is 0 Å². The normalized spacial score (nSPS) is 25.4. The van der Waals surface area contributed by atoms with E-state index < -0.39 is 15.9 Å². The minimum atomic E-state index is -3.20. The van der Waals surface area contributed by atoms with E-state index in [1.807, 2.05) is 17.0 Å². The van der Waals surface area contributed by atoms with E-state index >= 15 is 0 Å². The zero-order valence-electron chi connectivity index (χ0n) is 17.3.